The highest BCUT2D eigenvalue weighted by molar-refractivity contribution is 7.89. The molecule has 6 heteroatoms. The SMILES string of the molecule is CC1CC(CN)CN1S(=O)(=O)CC1CC1.Cl. The van der Waals surface area contributed by atoms with E-state index in [1.807, 2.05) is 6.92 Å². The van der Waals surface area contributed by atoms with Crippen LogP contribution in [0.4, 0.5) is 0 Å². The Morgan fingerprint density at radius 2 is 1.94 bits per heavy atom. The maximum Gasteiger partial charge on any atom is 0.214 e. The minimum absolute atomic E-state index is 0. The first-order valence-corrected chi connectivity index (χ1v) is 7.33. The summed E-state index contributed by atoms with van der Waals surface area (Å²) in [4.78, 5) is 0. The lowest BCUT2D eigenvalue weighted by Crippen LogP contribution is -2.36. The summed E-state index contributed by atoms with van der Waals surface area (Å²) < 4.78 is 25.7. The number of hydrogen-bond acceptors (Lipinski definition) is 3. The second kappa shape index (κ2) is 5.21. The second-order valence-corrected chi connectivity index (χ2v) is 6.94. The molecule has 2 atom stereocenters. The van der Waals surface area contributed by atoms with Crippen LogP contribution < -0.4 is 5.73 Å². The zero-order chi connectivity index (χ0) is 11.1. The van der Waals surface area contributed by atoms with E-state index in [1.165, 1.54) is 0 Å². The van der Waals surface area contributed by atoms with Gasteiger partial charge in [0.1, 0.15) is 0 Å². The summed E-state index contributed by atoms with van der Waals surface area (Å²) in [6.07, 6.45) is 3.09. The monoisotopic (exact) mass is 268 g/mol. The van der Waals surface area contributed by atoms with Gasteiger partial charge in [-0.25, -0.2) is 8.42 Å². The van der Waals surface area contributed by atoms with Gasteiger partial charge in [0.05, 0.1) is 5.75 Å². The highest BCUT2D eigenvalue weighted by atomic mass is 35.5. The lowest BCUT2D eigenvalue weighted by molar-refractivity contribution is 0.403. The zero-order valence-electron chi connectivity index (χ0n) is 9.63. The van der Waals surface area contributed by atoms with Crippen LogP contribution >= 0.6 is 12.4 Å². The molecule has 1 saturated heterocycles. The van der Waals surface area contributed by atoms with E-state index in [4.69, 9.17) is 5.73 Å². The molecule has 4 nitrogen and oxygen atoms in total. The fourth-order valence-corrected chi connectivity index (χ4v) is 4.54. The summed E-state index contributed by atoms with van der Waals surface area (Å²) >= 11 is 0. The van der Waals surface area contributed by atoms with Crippen molar-refractivity contribution in [1.82, 2.24) is 4.31 Å². The first-order chi connectivity index (χ1) is 7.03. The van der Waals surface area contributed by atoms with Crippen molar-refractivity contribution >= 4 is 22.4 Å². The third kappa shape index (κ3) is 3.09. The van der Waals surface area contributed by atoms with Crippen molar-refractivity contribution in [2.24, 2.45) is 17.6 Å². The number of rotatable bonds is 4. The Kier molecular flexibility index (Phi) is 4.63. The van der Waals surface area contributed by atoms with Gasteiger partial charge in [0.25, 0.3) is 0 Å². The predicted molar refractivity (Wildman–Crippen MR) is 67.1 cm³/mol. The van der Waals surface area contributed by atoms with Crippen LogP contribution in [0.2, 0.25) is 0 Å². The Morgan fingerprint density at radius 1 is 1.31 bits per heavy atom. The molecule has 0 aromatic carbocycles. The van der Waals surface area contributed by atoms with Crippen molar-refractivity contribution in [3.8, 4) is 0 Å². The molecule has 1 aliphatic carbocycles. The average molecular weight is 269 g/mol. The third-order valence-corrected chi connectivity index (χ3v) is 5.55. The van der Waals surface area contributed by atoms with Crippen LogP contribution in [0.5, 0.6) is 0 Å². The van der Waals surface area contributed by atoms with Crippen molar-refractivity contribution in [1.29, 1.82) is 0 Å². The van der Waals surface area contributed by atoms with E-state index in [1.54, 1.807) is 4.31 Å². The quantitative estimate of drug-likeness (QED) is 0.821. The highest BCUT2D eigenvalue weighted by Crippen LogP contribution is 2.33. The fourth-order valence-electron chi connectivity index (χ4n) is 2.35. The van der Waals surface area contributed by atoms with Gasteiger partial charge < -0.3 is 5.73 Å². The molecule has 1 aliphatic heterocycles. The normalized spacial score (nSPS) is 31.4. The predicted octanol–water partition coefficient (Wildman–Crippen LogP) is 0.817. The van der Waals surface area contributed by atoms with Crippen molar-refractivity contribution in [3.63, 3.8) is 0 Å². The first-order valence-electron chi connectivity index (χ1n) is 5.72. The van der Waals surface area contributed by atoms with Crippen LogP contribution in [0.15, 0.2) is 0 Å². The summed E-state index contributed by atoms with van der Waals surface area (Å²) in [6, 6.07) is 0.141. The minimum atomic E-state index is -3.01. The number of nitrogens with two attached hydrogens (primary N) is 1. The molecule has 2 fully saturated rings. The molecule has 16 heavy (non-hydrogen) atoms. The summed E-state index contributed by atoms with van der Waals surface area (Å²) in [6.45, 7) is 3.21. The molecule has 0 spiro atoms. The Morgan fingerprint density at radius 3 is 2.38 bits per heavy atom. The van der Waals surface area contributed by atoms with Gasteiger partial charge in [-0.15, -0.1) is 12.4 Å². The molecule has 2 aliphatic rings. The van der Waals surface area contributed by atoms with Gasteiger partial charge in [-0.2, -0.15) is 4.31 Å². The summed E-state index contributed by atoms with van der Waals surface area (Å²) in [7, 11) is -3.01. The summed E-state index contributed by atoms with van der Waals surface area (Å²) in [5.74, 6) is 1.14. The van der Waals surface area contributed by atoms with Crippen LogP contribution in [0.1, 0.15) is 26.2 Å². The van der Waals surface area contributed by atoms with E-state index in [0.717, 1.165) is 19.3 Å². The van der Waals surface area contributed by atoms with Gasteiger partial charge in [-0.1, -0.05) is 0 Å². The lowest BCUT2D eigenvalue weighted by atomic mass is 10.1. The summed E-state index contributed by atoms with van der Waals surface area (Å²) in [5.41, 5.74) is 5.59. The maximum absolute atomic E-state index is 12.0. The van der Waals surface area contributed by atoms with E-state index in [2.05, 4.69) is 0 Å². The van der Waals surface area contributed by atoms with Gasteiger partial charge in [0.15, 0.2) is 0 Å². The number of nitrogens with zero attached hydrogens (tertiary/aromatic N) is 1. The van der Waals surface area contributed by atoms with Gasteiger partial charge in [-0.3, -0.25) is 0 Å². The lowest BCUT2D eigenvalue weighted by Gasteiger charge is -2.20. The van der Waals surface area contributed by atoms with Crippen LogP contribution in [-0.2, 0) is 10.0 Å². The van der Waals surface area contributed by atoms with Crippen LogP contribution in [0.25, 0.3) is 0 Å². The second-order valence-electron chi connectivity index (χ2n) is 4.98. The molecule has 0 bridgehead atoms. The largest absolute Gasteiger partial charge is 0.330 e. The van der Waals surface area contributed by atoms with Crippen molar-refractivity contribution in [2.75, 3.05) is 18.8 Å². The average Bonchev–Trinajstić information content (AvgIpc) is 2.85. The zero-order valence-corrected chi connectivity index (χ0v) is 11.3. The first kappa shape index (κ1) is 14.2. The van der Waals surface area contributed by atoms with Gasteiger partial charge in [-0.05, 0) is 44.6 Å². The van der Waals surface area contributed by atoms with Crippen molar-refractivity contribution in [2.45, 2.75) is 32.2 Å². The molecular weight excluding hydrogens is 248 g/mol. The fraction of sp³-hybridized carbons (Fsp3) is 1.00. The smallest absolute Gasteiger partial charge is 0.214 e. The molecule has 0 radical (unpaired) electrons. The molecule has 2 rings (SSSR count). The molecule has 2 unspecified atom stereocenters. The number of sulfonamides is 1. The Bertz CT molecular complexity index is 330. The number of halogens is 1. The highest BCUT2D eigenvalue weighted by Gasteiger charge is 2.39. The Hall–Kier alpha value is 0.160. The van der Waals surface area contributed by atoms with E-state index >= 15 is 0 Å². The van der Waals surface area contributed by atoms with E-state index in [-0.39, 0.29) is 18.4 Å². The van der Waals surface area contributed by atoms with Crippen LogP contribution in [0, 0.1) is 11.8 Å². The van der Waals surface area contributed by atoms with Gasteiger partial charge >= 0.3 is 0 Å². The maximum atomic E-state index is 12.0. The van der Waals surface area contributed by atoms with Gasteiger partial charge in [0.2, 0.25) is 10.0 Å². The molecular formula is C10H21ClN2O2S. The van der Waals surface area contributed by atoms with E-state index in [9.17, 15) is 8.42 Å². The van der Waals surface area contributed by atoms with Gasteiger partial charge in [0, 0.05) is 12.6 Å². The molecule has 1 saturated carbocycles. The topological polar surface area (TPSA) is 63.4 Å². The third-order valence-electron chi connectivity index (χ3n) is 3.44. The number of hydrogen-bond donors (Lipinski definition) is 1. The van der Waals surface area contributed by atoms with E-state index in [0.29, 0.717) is 30.7 Å². The van der Waals surface area contributed by atoms with Crippen LogP contribution in [-0.4, -0.2) is 37.6 Å². The van der Waals surface area contributed by atoms with Crippen LogP contribution in [0.3, 0.4) is 0 Å². The molecule has 96 valence electrons. The Balaban J connectivity index is 0.00000128. The molecule has 0 amide bonds. The van der Waals surface area contributed by atoms with Crippen molar-refractivity contribution < 1.29 is 8.42 Å². The minimum Gasteiger partial charge on any atom is -0.330 e. The van der Waals surface area contributed by atoms with E-state index < -0.39 is 10.0 Å². The summed E-state index contributed by atoms with van der Waals surface area (Å²) in [5, 5.41) is 0. The Labute approximate surface area is 104 Å². The van der Waals surface area contributed by atoms with Crippen molar-refractivity contribution in [3.05, 3.63) is 0 Å². The molecule has 1 heterocycles. The molecule has 0 aromatic heterocycles. The standard InChI is InChI=1S/C10H20N2O2S.ClH/c1-8-4-10(5-11)6-12(8)15(13,14)7-9-2-3-9;/h8-10H,2-7,11H2,1H3;1H. The molecule has 2 N–H and O–H groups in total. The molecule has 0 aromatic rings.